The van der Waals surface area contributed by atoms with E-state index in [9.17, 15) is 9.90 Å². The van der Waals surface area contributed by atoms with E-state index in [0.717, 1.165) is 22.6 Å². The molecule has 0 heterocycles. The molecule has 1 amide bonds. The van der Waals surface area contributed by atoms with E-state index in [0.29, 0.717) is 12.1 Å². The fourth-order valence-electron chi connectivity index (χ4n) is 1.59. The zero-order chi connectivity index (χ0) is 12.5. The number of carbonyl (C=O) groups is 1. The zero-order valence-corrected chi connectivity index (χ0v) is 12.3. The summed E-state index contributed by atoms with van der Waals surface area (Å²) in [6.45, 7) is 0.656. The molecule has 0 atom stereocenters. The molecule has 1 aromatic rings. The van der Waals surface area contributed by atoms with Crippen LogP contribution in [0.25, 0.3) is 0 Å². The molecule has 0 radical (unpaired) electrons. The van der Waals surface area contributed by atoms with Crippen LogP contribution in [0.3, 0.4) is 0 Å². The van der Waals surface area contributed by atoms with E-state index in [1.165, 1.54) is 6.07 Å². The minimum Gasteiger partial charge on any atom is -0.507 e. The molecule has 5 heteroatoms. The predicted molar refractivity (Wildman–Crippen MR) is 73.6 cm³/mol. The van der Waals surface area contributed by atoms with Gasteiger partial charge in [0.1, 0.15) is 5.75 Å². The van der Waals surface area contributed by atoms with E-state index >= 15 is 0 Å². The SMILES string of the molecule is O=C(NCC1(CBr)CC1)c1cc(Br)ccc1O. The number of carbonyl (C=O) groups excluding carboxylic acids is 1. The van der Waals surface area contributed by atoms with Crippen LogP contribution in [-0.4, -0.2) is 22.9 Å². The highest BCUT2D eigenvalue weighted by Crippen LogP contribution is 2.46. The van der Waals surface area contributed by atoms with Crippen molar-refractivity contribution in [3.05, 3.63) is 28.2 Å². The van der Waals surface area contributed by atoms with Crippen LogP contribution in [0.1, 0.15) is 23.2 Å². The Kier molecular flexibility index (Phi) is 3.78. The maximum atomic E-state index is 11.9. The average molecular weight is 363 g/mol. The van der Waals surface area contributed by atoms with Crippen molar-refractivity contribution in [2.24, 2.45) is 5.41 Å². The van der Waals surface area contributed by atoms with Crippen molar-refractivity contribution in [1.82, 2.24) is 5.32 Å². The fourth-order valence-corrected chi connectivity index (χ4v) is 2.71. The van der Waals surface area contributed by atoms with Crippen LogP contribution in [0.5, 0.6) is 5.75 Å². The molecule has 1 aliphatic rings. The first-order valence-corrected chi connectivity index (χ1v) is 7.30. The Hall–Kier alpha value is -0.550. The Balaban J connectivity index is 2.02. The predicted octanol–water partition coefficient (Wildman–Crippen LogP) is 3.06. The molecule has 0 spiro atoms. The Labute approximate surface area is 117 Å². The van der Waals surface area contributed by atoms with Gasteiger partial charge in [0, 0.05) is 16.3 Å². The number of rotatable bonds is 4. The van der Waals surface area contributed by atoms with Crippen molar-refractivity contribution in [3.63, 3.8) is 0 Å². The van der Waals surface area contributed by atoms with Gasteiger partial charge in [-0.2, -0.15) is 0 Å². The molecular formula is C12H13Br2NO2. The maximum absolute atomic E-state index is 11.9. The van der Waals surface area contributed by atoms with Crippen molar-refractivity contribution in [1.29, 1.82) is 0 Å². The largest absolute Gasteiger partial charge is 0.507 e. The molecule has 0 bridgehead atoms. The van der Waals surface area contributed by atoms with Gasteiger partial charge in [-0.05, 0) is 36.5 Å². The second-order valence-electron chi connectivity index (χ2n) is 4.48. The lowest BCUT2D eigenvalue weighted by molar-refractivity contribution is 0.0944. The standard InChI is InChI=1S/C12H13Br2NO2/c13-6-12(3-4-12)7-15-11(17)9-5-8(14)1-2-10(9)16/h1-2,5,16H,3-4,6-7H2,(H,15,17). The number of nitrogens with one attached hydrogen (secondary N) is 1. The van der Waals surface area contributed by atoms with Gasteiger partial charge in [0.15, 0.2) is 0 Å². The van der Waals surface area contributed by atoms with Gasteiger partial charge >= 0.3 is 0 Å². The summed E-state index contributed by atoms with van der Waals surface area (Å²) in [5.41, 5.74) is 0.543. The molecule has 0 aliphatic heterocycles. The molecule has 17 heavy (non-hydrogen) atoms. The number of hydrogen-bond acceptors (Lipinski definition) is 2. The molecule has 1 aliphatic carbocycles. The van der Waals surface area contributed by atoms with Crippen molar-refractivity contribution in [2.45, 2.75) is 12.8 Å². The molecule has 1 fully saturated rings. The number of aromatic hydroxyl groups is 1. The van der Waals surface area contributed by atoms with Gasteiger partial charge in [-0.15, -0.1) is 0 Å². The summed E-state index contributed by atoms with van der Waals surface area (Å²) < 4.78 is 0.780. The Bertz CT molecular complexity index is 444. The zero-order valence-electron chi connectivity index (χ0n) is 9.17. The summed E-state index contributed by atoms with van der Waals surface area (Å²) in [6, 6.07) is 4.84. The second kappa shape index (κ2) is 4.98. The van der Waals surface area contributed by atoms with E-state index in [4.69, 9.17) is 0 Å². The third-order valence-electron chi connectivity index (χ3n) is 3.07. The highest BCUT2D eigenvalue weighted by Gasteiger charge is 2.41. The average Bonchev–Trinajstić information content (AvgIpc) is 3.10. The van der Waals surface area contributed by atoms with Crippen LogP contribution in [0, 0.1) is 5.41 Å². The summed E-state index contributed by atoms with van der Waals surface area (Å²) >= 11 is 6.74. The van der Waals surface area contributed by atoms with Gasteiger partial charge in [-0.3, -0.25) is 4.79 Å². The second-order valence-corrected chi connectivity index (χ2v) is 5.95. The van der Waals surface area contributed by atoms with Crippen LogP contribution in [-0.2, 0) is 0 Å². The van der Waals surface area contributed by atoms with Crippen molar-refractivity contribution in [2.75, 3.05) is 11.9 Å². The number of halogens is 2. The van der Waals surface area contributed by atoms with Crippen LogP contribution in [0.15, 0.2) is 22.7 Å². The molecule has 2 N–H and O–H groups in total. The summed E-state index contributed by atoms with van der Waals surface area (Å²) in [4.78, 5) is 11.9. The van der Waals surface area contributed by atoms with Gasteiger partial charge in [-0.1, -0.05) is 31.9 Å². The van der Waals surface area contributed by atoms with Crippen molar-refractivity contribution >= 4 is 37.8 Å². The van der Waals surface area contributed by atoms with Gasteiger partial charge in [0.25, 0.3) is 5.91 Å². The van der Waals surface area contributed by atoms with Crippen LogP contribution >= 0.6 is 31.9 Å². The Morgan fingerprint density at radius 3 is 2.76 bits per heavy atom. The summed E-state index contributed by atoms with van der Waals surface area (Å²) in [5, 5.41) is 13.4. The summed E-state index contributed by atoms with van der Waals surface area (Å²) in [7, 11) is 0. The van der Waals surface area contributed by atoms with Gasteiger partial charge in [-0.25, -0.2) is 0 Å². The smallest absolute Gasteiger partial charge is 0.255 e. The molecule has 0 unspecified atom stereocenters. The summed E-state index contributed by atoms with van der Waals surface area (Å²) in [5.74, 6) is -0.217. The Morgan fingerprint density at radius 2 is 2.18 bits per heavy atom. The molecule has 1 aromatic carbocycles. The number of amides is 1. The topological polar surface area (TPSA) is 49.3 Å². The maximum Gasteiger partial charge on any atom is 0.255 e. The molecule has 3 nitrogen and oxygen atoms in total. The first-order valence-electron chi connectivity index (χ1n) is 5.39. The van der Waals surface area contributed by atoms with Crippen LogP contribution in [0.2, 0.25) is 0 Å². The van der Waals surface area contributed by atoms with Gasteiger partial charge < -0.3 is 10.4 Å². The lowest BCUT2D eigenvalue weighted by Crippen LogP contribution is -2.30. The number of hydrogen-bond donors (Lipinski definition) is 2. The highest BCUT2D eigenvalue weighted by atomic mass is 79.9. The lowest BCUT2D eigenvalue weighted by Gasteiger charge is -2.13. The number of phenols is 1. The highest BCUT2D eigenvalue weighted by molar-refractivity contribution is 9.10. The Morgan fingerprint density at radius 1 is 1.47 bits per heavy atom. The van der Waals surface area contributed by atoms with Crippen molar-refractivity contribution in [3.8, 4) is 5.75 Å². The summed E-state index contributed by atoms with van der Waals surface area (Å²) in [6.07, 6.45) is 2.28. The molecule has 0 aromatic heterocycles. The lowest BCUT2D eigenvalue weighted by atomic mass is 10.1. The van der Waals surface area contributed by atoms with E-state index in [1.807, 2.05) is 0 Å². The normalized spacial score (nSPS) is 16.6. The molecular weight excluding hydrogens is 350 g/mol. The minimum absolute atomic E-state index is 0.00869. The monoisotopic (exact) mass is 361 g/mol. The molecule has 2 rings (SSSR count). The molecule has 1 saturated carbocycles. The molecule has 0 saturated heterocycles. The minimum atomic E-state index is -0.226. The number of phenolic OH excluding ortho intramolecular Hbond substituents is 1. The fraction of sp³-hybridized carbons (Fsp3) is 0.417. The van der Waals surface area contributed by atoms with Gasteiger partial charge in [0.05, 0.1) is 5.56 Å². The van der Waals surface area contributed by atoms with Gasteiger partial charge in [0.2, 0.25) is 0 Å². The quantitative estimate of drug-likeness (QED) is 0.808. The van der Waals surface area contributed by atoms with E-state index < -0.39 is 0 Å². The third kappa shape index (κ3) is 3.01. The molecule has 92 valence electrons. The van der Waals surface area contributed by atoms with E-state index in [-0.39, 0.29) is 17.1 Å². The number of benzene rings is 1. The van der Waals surface area contributed by atoms with Crippen molar-refractivity contribution < 1.29 is 9.90 Å². The van der Waals surface area contributed by atoms with E-state index in [2.05, 4.69) is 37.2 Å². The first kappa shape index (κ1) is 12.9. The number of alkyl halides is 1. The third-order valence-corrected chi connectivity index (χ3v) is 4.75. The van der Waals surface area contributed by atoms with Crippen LogP contribution < -0.4 is 5.32 Å². The first-order chi connectivity index (χ1) is 8.06. The van der Waals surface area contributed by atoms with E-state index in [1.54, 1.807) is 12.1 Å². The van der Waals surface area contributed by atoms with Crippen LogP contribution in [0.4, 0.5) is 0 Å².